The minimum atomic E-state index is -0.609. The zero-order chi connectivity index (χ0) is 15.5. The number of rotatable bonds is 2. The molecule has 1 unspecified atom stereocenters. The van der Waals surface area contributed by atoms with E-state index in [-0.39, 0.29) is 18.1 Å². The Morgan fingerprint density at radius 2 is 1.75 bits per heavy atom. The Kier molecular flexibility index (Phi) is 5.39. The summed E-state index contributed by atoms with van der Waals surface area (Å²) < 4.78 is 10.7. The first kappa shape index (κ1) is 16.8. The summed E-state index contributed by atoms with van der Waals surface area (Å²) in [5.74, 6) is -0.113. The predicted octanol–water partition coefficient (Wildman–Crippen LogP) is 1.54. The van der Waals surface area contributed by atoms with E-state index in [2.05, 4.69) is 5.32 Å². The van der Waals surface area contributed by atoms with Gasteiger partial charge in [0.25, 0.3) is 0 Å². The molecule has 0 spiro atoms. The Balaban J connectivity index is 2.52. The molecule has 3 atom stereocenters. The number of amides is 2. The van der Waals surface area contributed by atoms with Gasteiger partial charge in [0.15, 0.2) is 0 Å². The fourth-order valence-corrected chi connectivity index (χ4v) is 2.18. The lowest BCUT2D eigenvalue weighted by atomic mass is 10.2. The van der Waals surface area contributed by atoms with Gasteiger partial charge in [-0.3, -0.25) is 4.79 Å². The quantitative estimate of drug-likeness (QED) is 0.836. The summed E-state index contributed by atoms with van der Waals surface area (Å²) in [4.78, 5) is 25.7. The van der Waals surface area contributed by atoms with Crippen LogP contribution in [-0.4, -0.2) is 53.8 Å². The van der Waals surface area contributed by atoms with Crippen molar-refractivity contribution in [3.05, 3.63) is 0 Å². The number of ether oxygens (including phenoxy) is 2. The lowest BCUT2D eigenvalue weighted by Gasteiger charge is -2.36. The number of carbonyl (C=O) groups excluding carboxylic acids is 2. The Hall–Kier alpha value is -1.30. The number of hydrogen-bond donors (Lipinski definition) is 1. The Morgan fingerprint density at radius 3 is 2.20 bits per heavy atom. The second-order valence-electron chi connectivity index (χ2n) is 6.37. The van der Waals surface area contributed by atoms with E-state index in [1.165, 1.54) is 0 Å². The van der Waals surface area contributed by atoms with Gasteiger partial charge in [-0.05, 0) is 41.5 Å². The van der Waals surface area contributed by atoms with E-state index in [0.29, 0.717) is 13.1 Å². The normalized spacial score (nSPS) is 25.0. The van der Waals surface area contributed by atoms with E-state index in [1.54, 1.807) is 32.6 Å². The molecule has 6 nitrogen and oxygen atoms in total. The number of morpholine rings is 1. The summed E-state index contributed by atoms with van der Waals surface area (Å²) in [5.41, 5.74) is -0.575. The summed E-state index contributed by atoms with van der Waals surface area (Å²) in [6.07, 6.45) is -0.555. The van der Waals surface area contributed by atoms with Crippen molar-refractivity contribution in [3.63, 3.8) is 0 Å². The van der Waals surface area contributed by atoms with Gasteiger partial charge in [-0.2, -0.15) is 0 Å². The molecule has 2 amide bonds. The van der Waals surface area contributed by atoms with Crippen molar-refractivity contribution < 1.29 is 19.1 Å². The molecule has 1 saturated heterocycles. The molecule has 1 N–H and O–H groups in total. The van der Waals surface area contributed by atoms with Crippen LogP contribution in [0.4, 0.5) is 4.79 Å². The molecule has 1 fully saturated rings. The Labute approximate surface area is 120 Å². The first-order valence-corrected chi connectivity index (χ1v) is 7.02. The lowest BCUT2D eigenvalue weighted by Crippen LogP contribution is -2.54. The number of nitrogens with zero attached hydrogens (tertiary/aromatic N) is 1. The van der Waals surface area contributed by atoms with E-state index in [4.69, 9.17) is 9.47 Å². The molecule has 1 aliphatic rings. The monoisotopic (exact) mass is 286 g/mol. The lowest BCUT2D eigenvalue weighted by molar-refractivity contribution is -0.144. The van der Waals surface area contributed by atoms with Crippen molar-refractivity contribution in [3.8, 4) is 0 Å². The van der Waals surface area contributed by atoms with Crippen LogP contribution in [-0.2, 0) is 14.3 Å². The van der Waals surface area contributed by atoms with Gasteiger partial charge in [0.1, 0.15) is 11.6 Å². The van der Waals surface area contributed by atoms with Crippen LogP contribution in [0.5, 0.6) is 0 Å². The number of carbonyl (C=O) groups is 2. The number of alkyl carbamates (subject to hydrolysis) is 1. The van der Waals surface area contributed by atoms with E-state index in [1.807, 2.05) is 13.8 Å². The van der Waals surface area contributed by atoms with Crippen LogP contribution in [0.15, 0.2) is 0 Å². The van der Waals surface area contributed by atoms with Crippen LogP contribution in [0, 0.1) is 0 Å². The highest BCUT2D eigenvalue weighted by molar-refractivity contribution is 5.85. The van der Waals surface area contributed by atoms with Crippen LogP contribution in [0.3, 0.4) is 0 Å². The maximum atomic E-state index is 12.3. The van der Waals surface area contributed by atoms with Crippen molar-refractivity contribution >= 4 is 12.0 Å². The summed E-state index contributed by atoms with van der Waals surface area (Å²) in [6.45, 7) is 12.0. The molecule has 0 bridgehead atoms. The number of nitrogens with one attached hydrogen (secondary N) is 1. The zero-order valence-electron chi connectivity index (χ0n) is 13.2. The van der Waals surface area contributed by atoms with Gasteiger partial charge in [-0.1, -0.05) is 0 Å². The van der Waals surface area contributed by atoms with Gasteiger partial charge < -0.3 is 19.7 Å². The first-order chi connectivity index (χ1) is 9.08. The van der Waals surface area contributed by atoms with E-state index < -0.39 is 17.7 Å². The third-order valence-corrected chi connectivity index (χ3v) is 2.83. The molecule has 0 aliphatic carbocycles. The molecule has 0 aromatic carbocycles. The molecule has 0 aromatic heterocycles. The first-order valence-electron chi connectivity index (χ1n) is 7.02. The SMILES string of the molecule is CC(NC(=O)OC(C)(C)C)C(=O)N1C[C@@H](C)O[C@@H](C)C1. The van der Waals surface area contributed by atoms with Crippen LogP contribution in [0.25, 0.3) is 0 Å². The smallest absolute Gasteiger partial charge is 0.408 e. The maximum absolute atomic E-state index is 12.3. The van der Waals surface area contributed by atoms with Gasteiger partial charge in [-0.15, -0.1) is 0 Å². The third kappa shape index (κ3) is 5.36. The van der Waals surface area contributed by atoms with Crippen molar-refractivity contribution in [1.82, 2.24) is 10.2 Å². The Bertz CT molecular complexity index is 355. The number of hydrogen-bond acceptors (Lipinski definition) is 4. The molecule has 0 saturated carbocycles. The van der Waals surface area contributed by atoms with Crippen LogP contribution >= 0.6 is 0 Å². The van der Waals surface area contributed by atoms with Gasteiger partial charge in [0.2, 0.25) is 5.91 Å². The van der Waals surface area contributed by atoms with Crippen molar-refractivity contribution in [2.45, 2.75) is 65.4 Å². The second kappa shape index (κ2) is 6.43. The standard InChI is InChI=1S/C14H26N2O4/c1-9-7-16(8-10(2)19-9)12(17)11(3)15-13(18)20-14(4,5)6/h9-11H,7-8H2,1-6H3,(H,15,18)/t9-,10+,11?. The average Bonchev–Trinajstić information content (AvgIpc) is 2.23. The van der Waals surface area contributed by atoms with E-state index >= 15 is 0 Å². The molecule has 6 heteroatoms. The molecular formula is C14H26N2O4. The topological polar surface area (TPSA) is 67.9 Å². The van der Waals surface area contributed by atoms with Crippen LogP contribution < -0.4 is 5.32 Å². The highest BCUT2D eigenvalue weighted by Crippen LogP contribution is 2.12. The van der Waals surface area contributed by atoms with E-state index in [0.717, 1.165) is 0 Å². The fraction of sp³-hybridized carbons (Fsp3) is 0.857. The molecular weight excluding hydrogens is 260 g/mol. The fourth-order valence-electron chi connectivity index (χ4n) is 2.18. The van der Waals surface area contributed by atoms with Crippen molar-refractivity contribution in [2.24, 2.45) is 0 Å². The minimum Gasteiger partial charge on any atom is -0.444 e. The largest absolute Gasteiger partial charge is 0.444 e. The van der Waals surface area contributed by atoms with Gasteiger partial charge in [0.05, 0.1) is 12.2 Å². The predicted molar refractivity (Wildman–Crippen MR) is 75.4 cm³/mol. The highest BCUT2D eigenvalue weighted by Gasteiger charge is 2.30. The van der Waals surface area contributed by atoms with Crippen LogP contribution in [0.1, 0.15) is 41.5 Å². The maximum Gasteiger partial charge on any atom is 0.408 e. The summed E-state index contributed by atoms with van der Waals surface area (Å²) in [7, 11) is 0. The molecule has 0 radical (unpaired) electrons. The molecule has 1 aliphatic heterocycles. The van der Waals surface area contributed by atoms with Gasteiger partial charge >= 0.3 is 6.09 Å². The van der Waals surface area contributed by atoms with Gasteiger partial charge in [0, 0.05) is 13.1 Å². The van der Waals surface area contributed by atoms with Gasteiger partial charge in [-0.25, -0.2) is 4.79 Å². The molecule has 116 valence electrons. The average molecular weight is 286 g/mol. The summed E-state index contributed by atoms with van der Waals surface area (Å²) in [5, 5.41) is 2.57. The van der Waals surface area contributed by atoms with Crippen molar-refractivity contribution in [1.29, 1.82) is 0 Å². The zero-order valence-corrected chi connectivity index (χ0v) is 13.2. The minimum absolute atomic E-state index is 0.0106. The summed E-state index contributed by atoms with van der Waals surface area (Å²) in [6, 6.07) is -0.609. The molecule has 1 rings (SSSR count). The third-order valence-electron chi connectivity index (χ3n) is 2.83. The van der Waals surface area contributed by atoms with Crippen molar-refractivity contribution in [2.75, 3.05) is 13.1 Å². The summed E-state index contributed by atoms with van der Waals surface area (Å²) >= 11 is 0. The molecule has 20 heavy (non-hydrogen) atoms. The molecule has 0 aromatic rings. The Morgan fingerprint density at radius 1 is 1.25 bits per heavy atom. The van der Waals surface area contributed by atoms with Crippen LogP contribution in [0.2, 0.25) is 0 Å². The second-order valence-corrected chi connectivity index (χ2v) is 6.37. The highest BCUT2D eigenvalue weighted by atomic mass is 16.6. The molecule has 1 heterocycles. The van der Waals surface area contributed by atoms with E-state index in [9.17, 15) is 9.59 Å².